The second-order valence-corrected chi connectivity index (χ2v) is 3.07. The normalized spacial score (nSPS) is 10.2. The van der Waals surface area contributed by atoms with Crippen molar-refractivity contribution in [2.24, 2.45) is 5.73 Å². The highest BCUT2D eigenvalue weighted by Crippen LogP contribution is 2.15. The Kier molecular flexibility index (Phi) is 3.68. The quantitative estimate of drug-likeness (QED) is 0.445. The van der Waals surface area contributed by atoms with Crippen LogP contribution in [0.2, 0.25) is 0 Å². The number of nitrogens with one attached hydrogen (secondary N) is 1. The monoisotopic (exact) mass is 202 g/mol. The molecule has 0 aliphatic carbocycles. The third-order valence-electron chi connectivity index (χ3n) is 1.91. The molecule has 1 aromatic rings. The molecule has 15 heavy (non-hydrogen) atoms. The smallest absolute Gasteiger partial charge is 0.187 e. The number of allylic oxidation sites excluding steroid dienone is 2. The summed E-state index contributed by atoms with van der Waals surface area (Å²) >= 11 is 0. The molecule has 0 saturated heterocycles. The van der Waals surface area contributed by atoms with Gasteiger partial charge in [0.25, 0.3) is 0 Å². The van der Waals surface area contributed by atoms with Crippen LogP contribution >= 0.6 is 0 Å². The molecule has 3 heteroatoms. The first-order valence-electron chi connectivity index (χ1n) is 4.58. The van der Waals surface area contributed by atoms with E-state index in [9.17, 15) is 4.79 Å². The summed E-state index contributed by atoms with van der Waals surface area (Å²) in [4.78, 5) is 11.7. The van der Waals surface area contributed by atoms with Crippen molar-refractivity contribution < 1.29 is 4.79 Å². The Morgan fingerprint density at radius 2 is 2.07 bits per heavy atom. The average molecular weight is 202 g/mol. The number of carbonyl (C=O) groups is 1. The van der Waals surface area contributed by atoms with Gasteiger partial charge in [0.1, 0.15) is 0 Å². The molecule has 78 valence electrons. The summed E-state index contributed by atoms with van der Waals surface area (Å²) in [5.41, 5.74) is 7.13. The lowest BCUT2D eigenvalue weighted by Crippen LogP contribution is -2.01. The summed E-state index contributed by atoms with van der Waals surface area (Å²) in [5.74, 6) is -0.0912. The van der Waals surface area contributed by atoms with Gasteiger partial charge in [-0.15, -0.1) is 0 Å². The first kappa shape index (κ1) is 11.0. The molecule has 0 amide bonds. The number of anilines is 1. The summed E-state index contributed by atoms with van der Waals surface area (Å²) in [6.45, 7) is 3.49. The molecule has 0 aliphatic heterocycles. The van der Waals surface area contributed by atoms with Crippen LogP contribution in [0, 0.1) is 0 Å². The van der Waals surface area contributed by atoms with Crippen molar-refractivity contribution in [1.82, 2.24) is 0 Å². The number of nitrogens with two attached hydrogens (primary N) is 1. The average Bonchev–Trinajstić information content (AvgIpc) is 2.25. The maximum atomic E-state index is 11.7. The summed E-state index contributed by atoms with van der Waals surface area (Å²) in [7, 11) is 1.78. The topological polar surface area (TPSA) is 55.1 Å². The van der Waals surface area contributed by atoms with E-state index >= 15 is 0 Å². The number of hydrogen-bond acceptors (Lipinski definition) is 3. The molecule has 0 fully saturated rings. The second-order valence-electron chi connectivity index (χ2n) is 3.07. The highest BCUT2D eigenvalue weighted by molar-refractivity contribution is 6.08. The van der Waals surface area contributed by atoms with Crippen LogP contribution < -0.4 is 11.1 Å². The first-order valence-corrected chi connectivity index (χ1v) is 4.58. The van der Waals surface area contributed by atoms with Gasteiger partial charge in [0.2, 0.25) is 0 Å². The van der Waals surface area contributed by atoms with Gasteiger partial charge in [0, 0.05) is 24.0 Å². The highest BCUT2D eigenvalue weighted by Gasteiger charge is 2.05. The molecule has 0 atom stereocenters. The van der Waals surface area contributed by atoms with E-state index in [1.165, 1.54) is 12.2 Å². The molecule has 0 bridgehead atoms. The predicted octanol–water partition coefficient (Wildman–Crippen LogP) is 1.94. The van der Waals surface area contributed by atoms with Gasteiger partial charge in [0.05, 0.1) is 0 Å². The highest BCUT2D eigenvalue weighted by atomic mass is 16.1. The van der Waals surface area contributed by atoms with Crippen LogP contribution in [-0.2, 0) is 0 Å². The van der Waals surface area contributed by atoms with Gasteiger partial charge in [-0.25, -0.2) is 0 Å². The van der Waals surface area contributed by atoms with Gasteiger partial charge in [-0.3, -0.25) is 4.79 Å². The molecule has 3 N–H and O–H groups in total. The zero-order valence-electron chi connectivity index (χ0n) is 8.66. The van der Waals surface area contributed by atoms with Crippen LogP contribution in [0.15, 0.2) is 48.7 Å². The molecule has 0 spiro atoms. The minimum atomic E-state index is -0.0912. The van der Waals surface area contributed by atoms with Gasteiger partial charge in [0.15, 0.2) is 5.78 Å². The molecule has 0 aliphatic rings. The van der Waals surface area contributed by atoms with Gasteiger partial charge < -0.3 is 11.1 Å². The minimum Gasteiger partial charge on any atom is -0.399 e. The molecule has 0 radical (unpaired) electrons. The van der Waals surface area contributed by atoms with Crippen LogP contribution in [0.4, 0.5) is 5.69 Å². The van der Waals surface area contributed by atoms with Crippen LogP contribution in [0.1, 0.15) is 10.4 Å². The Labute approximate surface area is 89.3 Å². The molecular weight excluding hydrogens is 188 g/mol. The fourth-order valence-electron chi connectivity index (χ4n) is 1.19. The van der Waals surface area contributed by atoms with Crippen molar-refractivity contribution in [3.8, 4) is 0 Å². The lowest BCUT2D eigenvalue weighted by molar-refractivity contribution is 0.104. The summed E-state index contributed by atoms with van der Waals surface area (Å²) < 4.78 is 0. The number of ketones is 1. The van der Waals surface area contributed by atoms with Crippen molar-refractivity contribution in [2.75, 3.05) is 12.4 Å². The van der Waals surface area contributed by atoms with Crippen molar-refractivity contribution in [1.29, 1.82) is 0 Å². The molecule has 1 aromatic carbocycles. The SMILES string of the molecule is C=C(N)/C=C/C(=O)c1ccccc1NC. The van der Waals surface area contributed by atoms with E-state index in [0.29, 0.717) is 11.3 Å². The van der Waals surface area contributed by atoms with Crippen molar-refractivity contribution in [3.05, 3.63) is 54.3 Å². The summed E-state index contributed by atoms with van der Waals surface area (Å²) in [6, 6.07) is 7.30. The van der Waals surface area contributed by atoms with E-state index in [1.54, 1.807) is 13.1 Å². The van der Waals surface area contributed by atoms with Crippen LogP contribution in [0.3, 0.4) is 0 Å². The van der Waals surface area contributed by atoms with E-state index in [1.807, 2.05) is 18.2 Å². The molecule has 0 heterocycles. The number of benzene rings is 1. The fourth-order valence-corrected chi connectivity index (χ4v) is 1.19. The van der Waals surface area contributed by atoms with Crippen molar-refractivity contribution in [2.45, 2.75) is 0 Å². The van der Waals surface area contributed by atoms with Gasteiger partial charge >= 0.3 is 0 Å². The van der Waals surface area contributed by atoms with Crippen LogP contribution in [0.25, 0.3) is 0 Å². The standard InChI is InChI=1S/C12H14N2O/c1-9(13)7-8-12(15)10-5-3-4-6-11(10)14-2/h3-8,14H,1,13H2,2H3/b8-7+. The zero-order chi connectivity index (χ0) is 11.3. The van der Waals surface area contributed by atoms with Crippen LogP contribution in [-0.4, -0.2) is 12.8 Å². The third kappa shape index (κ3) is 2.98. The third-order valence-corrected chi connectivity index (χ3v) is 1.91. The molecule has 0 aromatic heterocycles. The number of hydrogen-bond donors (Lipinski definition) is 2. The molecule has 0 unspecified atom stereocenters. The number of para-hydroxylation sites is 1. The Balaban J connectivity index is 2.95. The summed E-state index contributed by atoms with van der Waals surface area (Å²) in [5, 5.41) is 2.96. The fraction of sp³-hybridized carbons (Fsp3) is 0.0833. The number of carbonyl (C=O) groups excluding carboxylic acids is 1. The van der Waals surface area contributed by atoms with E-state index < -0.39 is 0 Å². The molecular formula is C12H14N2O. The maximum absolute atomic E-state index is 11.7. The Morgan fingerprint density at radius 1 is 1.40 bits per heavy atom. The minimum absolute atomic E-state index is 0.0912. The van der Waals surface area contributed by atoms with E-state index in [2.05, 4.69) is 11.9 Å². The van der Waals surface area contributed by atoms with Crippen molar-refractivity contribution in [3.63, 3.8) is 0 Å². The van der Waals surface area contributed by atoms with Gasteiger partial charge in [-0.1, -0.05) is 18.7 Å². The predicted molar refractivity (Wildman–Crippen MR) is 62.8 cm³/mol. The van der Waals surface area contributed by atoms with Crippen molar-refractivity contribution >= 4 is 11.5 Å². The van der Waals surface area contributed by atoms with Gasteiger partial charge in [-0.2, -0.15) is 0 Å². The Morgan fingerprint density at radius 3 is 2.67 bits per heavy atom. The molecule has 0 saturated carbocycles. The molecule has 1 rings (SSSR count). The lowest BCUT2D eigenvalue weighted by atomic mass is 10.1. The zero-order valence-corrected chi connectivity index (χ0v) is 8.66. The van der Waals surface area contributed by atoms with E-state index in [-0.39, 0.29) is 5.78 Å². The lowest BCUT2D eigenvalue weighted by Gasteiger charge is -2.04. The van der Waals surface area contributed by atoms with E-state index in [0.717, 1.165) is 5.69 Å². The first-order chi connectivity index (χ1) is 7.15. The summed E-state index contributed by atoms with van der Waals surface area (Å²) in [6.07, 6.45) is 2.91. The Hall–Kier alpha value is -2.03. The second kappa shape index (κ2) is 5.00. The van der Waals surface area contributed by atoms with Gasteiger partial charge in [-0.05, 0) is 24.3 Å². The number of rotatable bonds is 4. The van der Waals surface area contributed by atoms with Crippen LogP contribution in [0.5, 0.6) is 0 Å². The maximum Gasteiger partial charge on any atom is 0.187 e. The molecule has 3 nitrogen and oxygen atoms in total. The largest absolute Gasteiger partial charge is 0.399 e. The van der Waals surface area contributed by atoms with E-state index in [4.69, 9.17) is 5.73 Å². The Bertz CT molecular complexity index is 408.